The summed E-state index contributed by atoms with van der Waals surface area (Å²) in [5.74, 6) is -1.02. The molecule has 0 saturated heterocycles. The minimum absolute atomic E-state index is 0.151. The first kappa shape index (κ1) is 17.4. The van der Waals surface area contributed by atoms with Crippen molar-refractivity contribution in [1.82, 2.24) is 0 Å². The highest BCUT2D eigenvalue weighted by Crippen LogP contribution is 2.33. The highest BCUT2D eigenvalue weighted by Gasteiger charge is 2.43. The first-order valence-electron chi connectivity index (χ1n) is 6.69. The summed E-state index contributed by atoms with van der Waals surface area (Å²) in [6.07, 6.45) is 0.879. The molecule has 5 heteroatoms. The van der Waals surface area contributed by atoms with E-state index in [-0.39, 0.29) is 25.6 Å². The fourth-order valence-electron chi connectivity index (χ4n) is 1.83. The molecule has 1 unspecified atom stereocenters. The molecule has 0 aromatic heterocycles. The Morgan fingerprint density at radius 3 is 2.21 bits per heavy atom. The zero-order chi connectivity index (χ0) is 14.9. The van der Waals surface area contributed by atoms with E-state index in [1.165, 1.54) is 0 Å². The van der Waals surface area contributed by atoms with Crippen molar-refractivity contribution in [2.24, 2.45) is 11.3 Å². The van der Waals surface area contributed by atoms with Gasteiger partial charge in [0, 0.05) is 0 Å². The first-order valence-corrected chi connectivity index (χ1v) is 6.69. The van der Waals surface area contributed by atoms with E-state index in [9.17, 15) is 14.9 Å². The van der Waals surface area contributed by atoms with Gasteiger partial charge in [-0.1, -0.05) is 20.3 Å². The molecular weight excluding hydrogens is 246 g/mol. The number of nitrogens with zero attached hydrogens (tertiary/aromatic N) is 1. The van der Waals surface area contributed by atoms with Crippen molar-refractivity contribution in [1.29, 1.82) is 5.26 Å². The van der Waals surface area contributed by atoms with Crippen LogP contribution in [-0.4, -0.2) is 25.2 Å². The van der Waals surface area contributed by atoms with Crippen LogP contribution in [0.5, 0.6) is 0 Å². The number of carbonyl (C=O) groups is 2. The van der Waals surface area contributed by atoms with Crippen molar-refractivity contribution in [2.75, 3.05) is 13.2 Å². The fourth-order valence-corrected chi connectivity index (χ4v) is 1.83. The summed E-state index contributed by atoms with van der Waals surface area (Å²) in [6, 6.07) is 1.98. The molecule has 19 heavy (non-hydrogen) atoms. The van der Waals surface area contributed by atoms with Gasteiger partial charge in [-0.3, -0.25) is 9.59 Å². The molecule has 0 aromatic carbocycles. The number of ether oxygens (including phenoxy) is 2. The molecule has 0 aliphatic rings. The third-order valence-corrected chi connectivity index (χ3v) is 3.03. The van der Waals surface area contributed by atoms with Crippen LogP contribution < -0.4 is 0 Å². The van der Waals surface area contributed by atoms with Crippen molar-refractivity contribution in [3.63, 3.8) is 0 Å². The van der Waals surface area contributed by atoms with Crippen LogP contribution in [0.1, 0.15) is 47.0 Å². The summed E-state index contributed by atoms with van der Waals surface area (Å²) in [5, 5.41) is 9.38. The van der Waals surface area contributed by atoms with Crippen LogP contribution in [0.2, 0.25) is 0 Å². The molecule has 5 nitrogen and oxygen atoms in total. The predicted molar refractivity (Wildman–Crippen MR) is 70.0 cm³/mol. The highest BCUT2D eigenvalue weighted by atomic mass is 16.5. The van der Waals surface area contributed by atoms with E-state index < -0.39 is 17.4 Å². The number of nitriles is 1. The SMILES string of the molecule is CCOC(=O)CC(C#N)(C[C@H](C)CC)C(=O)OCC. The molecule has 0 rings (SSSR count). The monoisotopic (exact) mass is 269 g/mol. The maximum Gasteiger partial charge on any atom is 0.327 e. The van der Waals surface area contributed by atoms with Gasteiger partial charge in [0.1, 0.15) is 0 Å². The molecular formula is C14H23NO4. The zero-order valence-electron chi connectivity index (χ0n) is 12.2. The molecule has 0 radical (unpaired) electrons. The number of esters is 2. The van der Waals surface area contributed by atoms with Crippen molar-refractivity contribution < 1.29 is 19.1 Å². The van der Waals surface area contributed by atoms with Crippen molar-refractivity contribution in [3.05, 3.63) is 0 Å². The largest absolute Gasteiger partial charge is 0.466 e. The van der Waals surface area contributed by atoms with Gasteiger partial charge in [0.15, 0.2) is 5.41 Å². The minimum atomic E-state index is -1.43. The lowest BCUT2D eigenvalue weighted by atomic mass is 9.77. The highest BCUT2D eigenvalue weighted by molar-refractivity contribution is 5.86. The van der Waals surface area contributed by atoms with E-state index in [0.717, 1.165) is 6.42 Å². The molecule has 2 atom stereocenters. The van der Waals surface area contributed by atoms with Gasteiger partial charge < -0.3 is 9.47 Å². The van der Waals surface area contributed by atoms with Crippen LogP contribution >= 0.6 is 0 Å². The lowest BCUT2D eigenvalue weighted by Crippen LogP contribution is -2.36. The number of rotatable bonds is 8. The van der Waals surface area contributed by atoms with Crippen LogP contribution in [-0.2, 0) is 19.1 Å². The smallest absolute Gasteiger partial charge is 0.327 e. The molecule has 0 aromatic rings. The second kappa shape index (κ2) is 8.52. The Bertz CT molecular complexity index is 348. The van der Waals surface area contributed by atoms with Crippen molar-refractivity contribution in [2.45, 2.75) is 47.0 Å². The van der Waals surface area contributed by atoms with Crippen LogP contribution in [0.3, 0.4) is 0 Å². The van der Waals surface area contributed by atoms with Gasteiger partial charge in [-0.25, -0.2) is 0 Å². The Morgan fingerprint density at radius 1 is 1.21 bits per heavy atom. The maximum absolute atomic E-state index is 12.0. The second-order valence-corrected chi connectivity index (χ2v) is 4.61. The number of carbonyl (C=O) groups excluding carboxylic acids is 2. The summed E-state index contributed by atoms with van der Waals surface area (Å²) < 4.78 is 9.80. The Hall–Kier alpha value is -1.57. The van der Waals surface area contributed by atoms with E-state index in [2.05, 4.69) is 0 Å². The van der Waals surface area contributed by atoms with Crippen molar-refractivity contribution >= 4 is 11.9 Å². The predicted octanol–water partition coefficient (Wildman–Crippen LogP) is 2.45. The van der Waals surface area contributed by atoms with E-state index >= 15 is 0 Å². The van der Waals surface area contributed by atoms with E-state index in [1.807, 2.05) is 19.9 Å². The van der Waals surface area contributed by atoms with Gasteiger partial charge in [0.2, 0.25) is 0 Å². The van der Waals surface area contributed by atoms with Gasteiger partial charge in [-0.05, 0) is 26.2 Å². The molecule has 0 bridgehead atoms. The molecule has 0 spiro atoms. The van der Waals surface area contributed by atoms with Gasteiger partial charge >= 0.3 is 11.9 Å². The number of hydrogen-bond donors (Lipinski definition) is 0. The Labute approximate surface area is 114 Å². The molecule has 0 aliphatic carbocycles. The summed E-state index contributed by atoms with van der Waals surface area (Å²) in [6.45, 7) is 7.69. The standard InChI is InChI=1S/C14H23NO4/c1-5-11(4)8-14(10-15,13(17)19-7-3)9-12(16)18-6-2/h11H,5-9H2,1-4H3/t11-,14?/m1/s1. The average molecular weight is 269 g/mol. The quantitative estimate of drug-likeness (QED) is 0.632. The Balaban J connectivity index is 5.12. The normalized spacial score (nSPS) is 14.9. The Kier molecular flexibility index (Phi) is 7.81. The molecule has 0 amide bonds. The van der Waals surface area contributed by atoms with Crippen LogP contribution in [0.15, 0.2) is 0 Å². The maximum atomic E-state index is 12.0. The second-order valence-electron chi connectivity index (χ2n) is 4.61. The summed E-state index contributed by atoms with van der Waals surface area (Å²) in [7, 11) is 0. The summed E-state index contributed by atoms with van der Waals surface area (Å²) >= 11 is 0. The third-order valence-electron chi connectivity index (χ3n) is 3.03. The Morgan fingerprint density at radius 2 is 1.79 bits per heavy atom. The van der Waals surface area contributed by atoms with E-state index in [4.69, 9.17) is 9.47 Å². The van der Waals surface area contributed by atoms with Gasteiger partial charge in [-0.2, -0.15) is 5.26 Å². The molecule has 0 saturated carbocycles. The molecule has 0 N–H and O–H groups in total. The first-order chi connectivity index (χ1) is 8.95. The molecule has 0 aliphatic heterocycles. The van der Waals surface area contributed by atoms with E-state index in [0.29, 0.717) is 6.42 Å². The summed E-state index contributed by atoms with van der Waals surface area (Å²) in [4.78, 5) is 23.6. The fraction of sp³-hybridized carbons (Fsp3) is 0.786. The zero-order valence-corrected chi connectivity index (χ0v) is 12.2. The summed E-state index contributed by atoms with van der Waals surface area (Å²) in [5.41, 5.74) is -1.43. The van der Waals surface area contributed by atoms with Crippen LogP contribution in [0.25, 0.3) is 0 Å². The van der Waals surface area contributed by atoms with Gasteiger partial charge in [0.05, 0.1) is 25.7 Å². The lowest BCUT2D eigenvalue weighted by Gasteiger charge is -2.26. The van der Waals surface area contributed by atoms with E-state index in [1.54, 1.807) is 13.8 Å². The van der Waals surface area contributed by atoms with Crippen LogP contribution in [0, 0.1) is 22.7 Å². The van der Waals surface area contributed by atoms with Gasteiger partial charge in [0.25, 0.3) is 0 Å². The minimum Gasteiger partial charge on any atom is -0.466 e. The molecule has 108 valence electrons. The molecule has 0 fully saturated rings. The molecule has 0 heterocycles. The van der Waals surface area contributed by atoms with Crippen LogP contribution in [0.4, 0.5) is 0 Å². The average Bonchev–Trinajstić information content (AvgIpc) is 2.38. The number of hydrogen-bond acceptors (Lipinski definition) is 5. The van der Waals surface area contributed by atoms with Crippen molar-refractivity contribution in [3.8, 4) is 6.07 Å². The topological polar surface area (TPSA) is 76.4 Å². The lowest BCUT2D eigenvalue weighted by molar-refractivity contribution is -0.159. The third kappa shape index (κ3) is 5.29. The van der Waals surface area contributed by atoms with Gasteiger partial charge in [-0.15, -0.1) is 0 Å².